The van der Waals surface area contributed by atoms with Crippen molar-refractivity contribution < 1.29 is 13.2 Å². The smallest absolute Gasteiger partial charge is 0.215 e. The van der Waals surface area contributed by atoms with Gasteiger partial charge in [0.15, 0.2) is 5.96 Å². The van der Waals surface area contributed by atoms with Gasteiger partial charge in [0.25, 0.3) is 0 Å². The molecule has 0 fully saturated rings. The number of hydrogen-bond acceptors (Lipinski definition) is 4. The van der Waals surface area contributed by atoms with Gasteiger partial charge in [-0.25, -0.2) is 12.7 Å². The first-order chi connectivity index (χ1) is 11.4. The molecule has 0 saturated heterocycles. The molecule has 0 aliphatic rings. The molecule has 0 aromatic heterocycles. The predicted molar refractivity (Wildman–Crippen MR) is 101 cm³/mol. The van der Waals surface area contributed by atoms with Crippen molar-refractivity contribution in [2.24, 2.45) is 10.9 Å². The molecule has 8 heteroatoms. The molecule has 0 heterocycles. The highest BCUT2D eigenvalue weighted by Gasteiger charge is 2.18. The number of guanidine groups is 1. The van der Waals surface area contributed by atoms with E-state index in [0.717, 1.165) is 19.6 Å². The monoisotopic (exact) mass is 364 g/mol. The topological polar surface area (TPSA) is 83.0 Å². The van der Waals surface area contributed by atoms with Gasteiger partial charge in [-0.3, -0.25) is 4.99 Å². The Hall–Kier alpha value is -0.860. The van der Waals surface area contributed by atoms with Crippen LogP contribution in [0.2, 0.25) is 0 Å². The van der Waals surface area contributed by atoms with Gasteiger partial charge >= 0.3 is 0 Å². The number of aliphatic imine (C=N–C) groups is 1. The van der Waals surface area contributed by atoms with Crippen LogP contribution in [-0.2, 0) is 14.8 Å². The lowest BCUT2D eigenvalue weighted by molar-refractivity contribution is 0.109. The Morgan fingerprint density at radius 2 is 1.83 bits per heavy atom. The first-order valence-corrected chi connectivity index (χ1v) is 10.6. The normalized spacial score (nSPS) is 12.9. The van der Waals surface area contributed by atoms with Crippen LogP contribution in [0.3, 0.4) is 0 Å². The van der Waals surface area contributed by atoms with E-state index in [4.69, 9.17) is 4.74 Å². The van der Waals surface area contributed by atoms with Gasteiger partial charge in [-0.05, 0) is 19.3 Å². The molecule has 0 aromatic carbocycles. The SMILES string of the molecule is CCNC(=NCCCOCC(C)C)NCCS(=O)(=O)N(CC)CC. The van der Waals surface area contributed by atoms with E-state index in [2.05, 4.69) is 29.5 Å². The minimum Gasteiger partial charge on any atom is -0.381 e. The van der Waals surface area contributed by atoms with Crippen LogP contribution in [0, 0.1) is 5.92 Å². The minimum absolute atomic E-state index is 0.0661. The van der Waals surface area contributed by atoms with Crippen molar-refractivity contribution in [3.8, 4) is 0 Å². The number of nitrogens with one attached hydrogen (secondary N) is 2. The molecule has 0 aromatic rings. The van der Waals surface area contributed by atoms with Crippen LogP contribution in [0.5, 0.6) is 0 Å². The van der Waals surface area contributed by atoms with E-state index in [1.807, 2.05) is 20.8 Å². The van der Waals surface area contributed by atoms with E-state index < -0.39 is 10.0 Å². The van der Waals surface area contributed by atoms with Crippen molar-refractivity contribution in [1.29, 1.82) is 0 Å². The highest BCUT2D eigenvalue weighted by molar-refractivity contribution is 7.89. The second-order valence-corrected chi connectivity index (χ2v) is 8.00. The number of nitrogens with zero attached hydrogens (tertiary/aromatic N) is 2. The van der Waals surface area contributed by atoms with Gasteiger partial charge in [-0.2, -0.15) is 0 Å². The number of sulfonamides is 1. The highest BCUT2D eigenvalue weighted by Crippen LogP contribution is 1.99. The molecule has 2 N–H and O–H groups in total. The molecule has 0 radical (unpaired) electrons. The van der Waals surface area contributed by atoms with Crippen molar-refractivity contribution in [2.75, 3.05) is 51.7 Å². The van der Waals surface area contributed by atoms with Crippen molar-refractivity contribution in [1.82, 2.24) is 14.9 Å². The summed E-state index contributed by atoms with van der Waals surface area (Å²) in [6.07, 6.45) is 0.848. The molecular weight excluding hydrogens is 328 g/mol. The van der Waals surface area contributed by atoms with E-state index >= 15 is 0 Å². The highest BCUT2D eigenvalue weighted by atomic mass is 32.2. The maximum absolute atomic E-state index is 12.1. The lowest BCUT2D eigenvalue weighted by atomic mass is 10.2. The van der Waals surface area contributed by atoms with Crippen molar-refractivity contribution >= 4 is 16.0 Å². The summed E-state index contributed by atoms with van der Waals surface area (Å²) in [5.41, 5.74) is 0. The summed E-state index contributed by atoms with van der Waals surface area (Å²) in [6.45, 7) is 14.1. The molecule has 0 aliphatic carbocycles. The number of rotatable bonds is 13. The molecular formula is C16H36N4O3S. The molecule has 0 rings (SSSR count). The summed E-state index contributed by atoms with van der Waals surface area (Å²) >= 11 is 0. The Kier molecular flexibility index (Phi) is 13.0. The first kappa shape index (κ1) is 23.1. The summed E-state index contributed by atoms with van der Waals surface area (Å²) in [4.78, 5) is 4.44. The number of ether oxygens (including phenoxy) is 1. The van der Waals surface area contributed by atoms with Gasteiger partial charge in [0.05, 0.1) is 5.75 Å². The Morgan fingerprint density at radius 3 is 2.38 bits per heavy atom. The third-order valence-electron chi connectivity index (χ3n) is 3.26. The van der Waals surface area contributed by atoms with E-state index in [1.54, 1.807) is 0 Å². The Morgan fingerprint density at radius 1 is 1.17 bits per heavy atom. The molecule has 0 bridgehead atoms. The van der Waals surface area contributed by atoms with Crippen molar-refractivity contribution in [2.45, 2.75) is 41.0 Å². The van der Waals surface area contributed by atoms with Crippen LogP contribution in [0.15, 0.2) is 4.99 Å². The fourth-order valence-corrected chi connectivity index (χ4v) is 3.47. The van der Waals surface area contributed by atoms with Crippen LogP contribution in [0.25, 0.3) is 0 Å². The van der Waals surface area contributed by atoms with E-state index in [0.29, 0.717) is 44.7 Å². The summed E-state index contributed by atoms with van der Waals surface area (Å²) in [7, 11) is -3.21. The summed E-state index contributed by atoms with van der Waals surface area (Å²) in [5.74, 6) is 1.26. The predicted octanol–water partition coefficient (Wildman–Crippen LogP) is 1.28. The molecule has 24 heavy (non-hydrogen) atoms. The van der Waals surface area contributed by atoms with Gasteiger partial charge in [-0.1, -0.05) is 27.7 Å². The van der Waals surface area contributed by atoms with Crippen LogP contribution in [-0.4, -0.2) is 70.4 Å². The molecule has 0 aliphatic heterocycles. The van der Waals surface area contributed by atoms with Crippen LogP contribution in [0.4, 0.5) is 0 Å². The van der Waals surface area contributed by atoms with E-state index in [-0.39, 0.29) is 5.75 Å². The Balaban J connectivity index is 4.21. The van der Waals surface area contributed by atoms with Gasteiger partial charge in [0.2, 0.25) is 10.0 Å². The fourth-order valence-electron chi connectivity index (χ4n) is 2.06. The molecule has 144 valence electrons. The minimum atomic E-state index is -3.21. The van der Waals surface area contributed by atoms with Gasteiger partial charge < -0.3 is 15.4 Å². The quantitative estimate of drug-likeness (QED) is 0.292. The standard InChI is InChI=1S/C16H36N4O3S/c1-6-17-16(18-10-9-12-23-14-15(4)5)19-11-13-24(21,22)20(7-2)8-3/h15H,6-14H2,1-5H3,(H2,17,18,19). The van der Waals surface area contributed by atoms with Gasteiger partial charge in [0.1, 0.15) is 0 Å². The summed E-state index contributed by atoms with van der Waals surface area (Å²) in [5, 5.41) is 6.21. The zero-order valence-corrected chi connectivity index (χ0v) is 16.8. The van der Waals surface area contributed by atoms with Crippen molar-refractivity contribution in [3.05, 3.63) is 0 Å². The molecule has 7 nitrogen and oxygen atoms in total. The van der Waals surface area contributed by atoms with Crippen LogP contribution in [0.1, 0.15) is 41.0 Å². The van der Waals surface area contributed by atoms with Crippen molar-refractivity contribution in [3.63, 3.8) is 0 Å². The fraction of sp³-hybridized carbons (Fsp3) is 0.938. The third-order valence-corrected chi connectivity index (χ3v) is 5.29. The van der Waals surface area contributed by atoms with E-state index in [1.165, 1.54) is 4.31 Å². The average molecular weight is 365 g/mol. The maximum Gasteiger partial charge on any atom is 0.215 e. The lowest BCUT2D eigenvalue weighted by Gasteiger charge is -2.19. The van der Waals surface area contributed by atoms with Crippen LogP contribution >= 0.6 is 0 Å². The van der Waals surface area contributed by atoms with Gasteiger partial charge in [-0.15, -0.1) is 0 Å². The molecule has 0 spiro atoms. The Bertz CT molecular complexity index is 435. The number of hydrogen-bond donors (Lipinski definition) is 2. The zero-order chi connectivity index (χ0) is 18.4. The first-order valence-electron chi connectivity index (χ1n) is 8.95. The van der Waals surface area contributed by atoms with E-state index in [9.17, 15) is 8.42 Å². The Labute approximate surface area is 148 Å². The molecule has 0 amide bonds. The molecule has 0 atom stereocenters. The van der Waals surface area contributed by atoms with Gasteiger partial charge in [0, 0.05) is 45.9 Å². The summed E-state index contributed by atoms with van der Waals surface area (Å²) < 4.78 is 31.3. The van der Waals surface area contributed by atoms with Crippen LogP contribution < -0.4 is 10.6 Å². The second-order valence-electron chi connectivity index (χ2n) is 5.91. The average Bonchev–Trinajstić information content (AvgIpc) is 2.51. The molecule has 0 saturated carbocycles. The lowest BCUT2D eigenvalue weighted by Crippen LogP contribution is -2.42. The zero-order valence-electron chi connectivity index (χ0n) is 16.0. The maximum atomic E-state index is 12.1. The molecule has 0 unspecified atom stereocenters. The second kappa shape index (κ2) is 13.4. The largest absolute Gasteiger partial charge is 0.381 e. The summed E-state index contributed by atoms with van der Waals surface area (Å²) in [6, 6.07) is 0. The third kappa shape index (κ3) is 10.8.